The van der Waals surface area contributed by atoms with Gasteiger partial charge < -0.3 is 39.9 Å². The second-order valence-corrected chi connectivity index (χ2v) is 15.6. The third-order valence-electron chi connectivity index (χ3n) is 8.91. The predicted octanol–water partition coefficient (Wildman–Crippen LogP) is 7.82. The summed E-state index contributed by atoms with van der Waals surface area (Å²) in [5.74, 6) is -1.26. The highest BCUT2D eigenvalue weighted by Gasteiger charge is 2.51. The molecule has 1 aliphatic carbocycles. The van der Waals surface area contributed by atoms with E-state index in [-0.39, 0.29) is 12.8 Å². The largest absolute Gasteiger partial charge is 0.472 e. The fourth-order valence-electron chi connectivity index (χ4n) is 5.50. The van der Waals surface area contributed by atoms with Gasteiger partial charge in [-0.05, 0) is 70.6 Å². The number of hydrogen-bond donors (Lipinski definition) is 6. The quantitative estimate of drug-likeness (QED) is 0.0125. The number of phosphoric acid groups is 1. The second kappa shape index (κ2) is 35.8. The van der Waals surface area contributed by atoms with Gasteiger partial charge in [0.25, 0.3) is 0 Å². The topological polar surface area (TPSA) is 210 Å². The zero-order valence-corrected chi connectivity index (χ0v) is 36.8. The summed E-state index contributed by atoms with van der Waals surface area (Å²) in [5, 5.41) is 50.1. The highest BCUT2D eigenvalue weighted by molar-refractivity contribution is 7.47. The molecule has 0 bridgehead atoms. The summed E-state index contributed by atoms with van der Waals surface area (Å²) >= 11 is 0. The molecule has 8 atom stereocenters. The number of carbonyl (C=O) groups excluding carboxylic acids is 2. The van der Waals surface area contributed by atoms with Crippen molar-refractivity contribution in [3.63, 3.8) is 0 Å². The number of carbonyl (C=O) groups is 2. The van der Waals surface area contributed by atoms with E-state index >= 15 is 0 Å². The van der Waals surface area contributed by atoms with Gasteiger partial charge >= 0.3 is 19.8 Å². The number of aliphatic hydroxyl groups excluding tert-OH is 5. The van der Waals surface area contributed by atoms with Crippen molar-refractivity contribution in [2.45, 2.75) is 146 Å². The molecule has 61 heavy (non-hydrogen) atoms. The number of hydrogen-bond acceptors (Lipinski definition) is 12. The van der Waals surface area contributed by atoms with Gasteiger partial charge in [-0.15, -0.1) is 0 Å². The lowest BCUT2D eigenvalue weighted by Crippen LogP contribution is -2.64. The number of aliphatic hydroxyl groups is 5. The highest BCUT2D eigenvalue weighted by Crippen LogP contribution is 2.47. The van der Waals surface area contributed by atoms with Crippen LogP contribution in [0.15, 0.2) is 122 Å². The molecule has 1 rings (SSSR count). The van der Waals surface area contributed by atoms with Gasteiger partial charge in [0.15, 0.2) is 6.10 Å². The van der Waals surface area contributed by atoms with Crippen LogP contribution in [0.2, 0.25) is 0 Å². The third-order valence-corrected chi connectivity index (χ3v) is 9.89. The Morgan fingerprint density at radius 2 is 1.00 bits per heavy atom. The van der Waals surface area contributed by atoms with Crippen LogP contribution in [0.5, 0.6) is 0 Å². The first-order chi connectivity index (χ1) is 29.4. The summed E-state index contributed by atoms with van der Waals surface area (Å²) in [6.07, 6.45) is 37.1. The molecule has 0 spiro atoms. The fraction of sp³-hybridized carbons (Fsp3) is 0.532. The minimum Gasteiger partial charge on any atom is -0.462 e. The zero-order valence-electron chi connectivity index (χ0n) is 35.9. The van der Waals surface area contributed by atoms with Gasteiger partial charge in [-0.25, -0.2) is 4.57 Å². The van der Waals surface area contributed by atoms with Crippen molar-refractivity contribution in [1.29, 1.82) is 0 Å². The molecule has 0 aliphatic heterocycles. The van der Waals surface area contributed by atoms with Crippen molar-refractivity contribution in [3.05, 3.63) is 122 Å². The van der Waals surface area contributed by atoms with Gasteiger partial charge in [-0.1, -0.05) is 142 Å². The monoisotopic (exact) mass is 874 g/mol. The molecule has 0 aromatic heterocycles. The second-order valence-electron chi connectivity index (χ2n) is 14.2. The van der Waals surface area contributed by atoms with E-state index in [0.29, 0.717) is 19.3 Å². The average molecular weight is 875 g/mol. The van der Waals surface area contributed by atoms with Crippen molar-refractivity contribution in [2.75, 3.05) is 13.2 Å². The Balaban J connectivity index is 2.58. The number of allylic oxidation sites excluding steroid dienone is 20. The molecule has 0 aromatic rings. The standard InChI is InChI=1S/C47H71O13P/c1-3-5-7-9-11-13-15-17-18-19-20-21-22-24-25-27-29-31-33-35-40(48)57-37-39(38-58-61(55,56)60-47-45(53)43(51)42(50)44(52)46(47)54)59-41(49)36-34-32-30-28-26-23-16-14-12-10-8-6-4-2/h5-8,10-14,16-18,20-21,23-26,29,31,39,42-47,50-54H,3-4,9,15,19,22,27-28,30,32-38H2,1-2H3,(H,55,56)/b7-5+,8-6+,12-10+,13-11+,16-14+,18-17+,21-20+,25-24+,26-23+,31-29+/t39?,42?,43-,44?,45?,46?,47?/m0/s1. The van der Waals surface area contributed by atoms with Crippen LogP contribution < -0.4 is 0 Å². The molecule has 13 nitrogen and oxygen atoms in total. The first kappa shape index (κ1) is 55.3. The van der Waals surface area contributed by atoms with Crippen LogP contribution in [-0.2, 0) is 32.7 Å². The fourth-order valence-corrected chi connectivity index (χ4v) is 6.47. The van der Waals surface area contributed by atoms with E-state index in [4.69, 9.17) is 18.5 Å². The van der Waals surface area contributed by atoms with Crippen molar-refractivity contribution in [3.8, 4) is 0 Å². The normalized spacial score (nSPS) is 23.2. The van der Waals surface area contributed by atoms with Crippen LogP contribution in [0.3, 0.4) is 0 Å². The summed E-state index contributed by atoms with van der Waals surface area (Å²) in [4.78, 5) is 35.6. The lowest BCUT2D eigenvalue weighted by Gasteiger charge is -2.41. The van der Waals surface area contributed by atoms with Gasteiger partial charge in [0.05, 0.1) is 6.61 Å². The van der Waals surface area contributed by atoms with Crippen molar-refractivity contribution < 1.29 is 63.1 Å². The van der Waals surface area contributed by atoms with Crippen LogP contribution in [0.25, 0.3) is 0 Å². The number of unbranched alkanes of at least 4 members (excludes halogenated alkanes) is 3. The molecule has 342 valence electrons. The van der Waals surface area contributed by atoms with Crippen LogP contribution in [-0.4, -0.2) is 98.3 Å². The van der Waals surface area contributed by atoms with Crippen molar-refractivity contribution in [2.24, 2.45) is 0 Å². The lowest BCUT2D eigenvalue weighted by molar-refractivity contribution is -0.220. The first-order valence-corrected chi connectivity index (χ1v) is 22.9. The molecular weight excluding hydrogens is 803 g/mol. The Bertz CT molecular complexity index is 1520. The first-order valence-electron chi connectivity index (χ1n) is 21.4. The van der Waals surface area contributed by atoms with Crippen LogP contribution in [0.1, 0.15) is 104 Å². The summed E-state index contributed by atoms with van der Waals surface area (Å²) < 4.78 is 33.3. The Morgan fingerprint density at radius 3 is 1.54 bits per heavy atom. The number of rotatable bonds is 32. The van der Waals surface area contributed by atoms with E-state index in [1.54, 1.807) is 0 Å². The maximum absolute atomic E-state index is 12.8. The smallest absolute Gasteiger partial charge is 0.462 e. The molecule has 0 amide bonds. The Kier molecular flexibility index (Phi) is 32.4. The van der Waals surface area contributed by atoms with E-state index in [1.165, 1.54) is 0 Å². The molecule has 1 aliphatic rings. The third kappa shape index (κ3) is 28.5. The molecule has 0 saturated heterocycles. The Hall–Kier alpha value is -3.75. The Labute approximate surface area is 363 Å². The van der Waals surface area contributed by atoms with Gasteiger partial charge in [0, 0.05) is 12.8 Å². The minimum atomic E-state index is -5.15. The van der Waals surface area contributed by atoms with Crippen LogP contribution in [0, 0.1) is 0 Å². The van der Waals surface area contributed by atoms with E-state index < -0.39 is 75.7 Å². The van der Waals surface area contributed by atoms with E-state index in [9.17, 15) is 44.6 Å². The molecule has 1 fully saturated rings. The predicted molar refractivity (Wildman–Crippen MR) is 239 cm³/mol. The average Bonchev–Trinajstić information content (AvgIpc) is 3.24. The molecule has 0 radical (unpaired) electrons. The van der Waals surface area contributed by atoms with Crippen LogP contribution in [0.4, 0.5) is 0 Å². The summed E-state index contributed by atoms with van der Waals surface area (Å²) in [6, 6.07) is 0. The zero-order chi connectivity index (χ0) is 45.0. The maximum Gasteiger partial charge on any atom is 0.472 e. The van der Waals surface area contributed by atoms with E-state index in [0.717, 1.165) is 57.8 Å². The SMILES string of the molecule is CC/C=C/C=C/C=C/C=C/CCCCCC(=O)OC(COC(=O)CC/C=C/C/C=C/C/C=C/C/C=C/C/C=C/C/C=C/CC)COP(=O)(O)OC1C(O)C(O)C(O)[C@H](O)C1O. The molecular formula is C47H71O13P. The molecule has 7 unspecified atom stereocenters. The van der Waals surface area contributed by atoms with Gasteiger partial charge in [0.1, 0.15) is 43.2 Å². The van der Waals surface area contributed by atoms with Crippen molar-refractivity contribution >= 4 is 19.8 Å². The Morgan fingerprint density at radius 1 is 0.525 bits per heavy atom. The van der Waals surface area contributed by atoms with Crippen molar-refractivity contribution in [1.82, 2.24) is 0 Å². The van der Waals surface area contributed by atoms with E-state index in [2.05, 4.69) is 74.6 Å². The maximum atomic E-state index is 12.8. The minimum absolute atomic E-state index is 0.0243. The number of phosphoric ester groups is 1. The summed E-state index contributed by atoms with van der Waals surface area (Å²) in [7, 11) is -5.15. The van der Waals surface area contributed by atoms with Gasteiger partial charge in [-0.3, -0.25) is 18.6 Å². The number of esters is 2. The van der Waals surface area contributed by atoms with E-state index in [1.807, 2.05) is 60.8 Å². The molecule has 0 heterocycles. The summed E-state index contributed by atoms with van der Waals surface area (Å²) in [5.41, 5.74) is 0. The summed E-state index contributed by atoms with van der Waals surface area (Å²) in [6.45, 7) is 2.90. The highest BCUT2D eigenvalue weighted by atomic mass is 31.2. The number of ether oxygens (including phenoxy) is 2. The molecule has 6 N–H and O–H groups in total. The van der Waals surface area contributed by atoms with Crippen LogP contribution >= 0.6 is 7.82 Å². The molecule has 1 saturated carbocycles. The molecule has 0 aromatic carbocycles. The van der Waals surface area contributed by atoms with Gasteiger partial charge in [0.2, 0.25) is 0 Å². The van der Waals surface area contributed by atoms with Gasteiger partial charge in [-0.2, -0.15) is 0 Å². The lowest BCUT2D eigenvalue weighted by atomic mass is 9.85. The molecule has 14 heteroatoms.